The molecule has 1 amide bonds. The fraction of sp³-hybridized carbons (Fsp3) is 0.0968. The number of halogens is 3. The standard InChI is InChI=1S/C31H23F3N2O3/c32-31(33,34)26-12-8-21(9-13-26)19-36-15-14-24-16-25(22-4-2-1-3-5-22)17-27(28(24)36)29(37)35-18-20-6-10-23(11-7-20)30(38)39/h1-17H,18-19H2,(H,35,37)(H,38,39). The first-order valence-corrected chi connectivity index (χ1v) is 12.1. The molecular formula is C31H23F3N2O3. The average Bonchev–Trinajstić information content (AvgIpc) is 3.34. The van der Waals surface area contributed by atoms with Crippen molar-refractivity contribution in [2.24, 2.45) is 0 Å². The summed E-state index contributed by atoms with van der Waals surface area (Å²) in [6.45, 7) is 0.471. The first kappa shape index (κ1) is 25.8. The number of carbonyl (C=O) groups is 2. The van der Waals surface area contributed by atoms with Crippen molar-refractivity contribution in [1.82, 2.24) is 9.88 Å². The molecule has 4 aromatic carbocycles. The molecule has 0 bridgehead atoms. The quantitative estimate of drug-likeness (QED) is 0.239. The Kier molecular flexibility index (Phi) is 6.94. The van der Waals surface area contributed by atoms with E-state index >= 15 is 0 Å². The van der Waals surface area contributed by atoms with Crippen molar-refractivity contribution in [3.8, 4) is 11.1 Å². The molecule has 0 radical (unpaired) electrons. The van der Waals surface area contributed by atoms with Crippen LogP contribution in [0.2, 0.25) is 0 Å². The van der Waals surface area contributed by atoms with Gasteiger partial charge in [0.1, 0.15) is 0 Å². The summed E-state index contributed by atoms with van der Waals surface area (Å²) < 4.78 is 40.8. The molecule has 0 aliphatic rings. The van der Waals surface area contributed by atoms with Gasteiger partial charge in [0.2, 0.25) is 0 Å². The van der Waals surface area contributed by atoms with E-state index in [0.29, 0.717) is 16.6 Å². The summed E-state index contributed by atoms with van der Waals surface area (Å²) in [4.78, 5) is 24.6. The number of fused-ring (bicyclic) bond motifs is 1. The summed E-state index contributed by atoms with van der Waals surface area (Å²) in [5.74, 6) is -1.35. The van der Waals surface area contributed by atoms with Gasteiger partial charge in [0, 0.05) is 24.7 Å². The number of amides is 1. The molecule has 5 rings (SSSR count). The van der Waals surface area contributed by atoms with Gasteiger partial charge in [-0.15, -0.1) is 0 Å². The number of nitrogens with zero attached hydrogens (tertiary/aromatic N) is 1. The van der Waals surface area contributed by atoms with Gasteiger partial charge in [-0.3, -0.25) is 4.79 Å². The van der Waals surface area contributed by atoms with Gasteiger partial charge in [0.15, 0.2) is 0 Å². The number of rotatable bonds is 7. The van der Waals surface area contributed by atoms with E-state index in [1.165, 1.54) is 24.3 Å². The van der Waals surface area contributed by atoms with E-state index in [9.17, 15) is 22.8 Å². The Balaban J connectivity index is 1.49. The van der Waals surface area contributed by atoms with Crippen molar-refractivity contribution in [2.45, 2.75) is 19.3 Å². The van der Waals surface area contributed by atoms with Crippen molar-refractivity contribution in [3.63, 3.8) is 0 Å². The Labute approximate surface area is 222 Å². The van der Waals surface area contributed by atoms with Gasteiger partial charge in [-0.05, 0) is 64.7 Å². The maximum Gasteiger partial charge on any atom is 0.416 e. The summed E-state index contributed by atoms with van der Waals surface area (Å²) in [6.07, 6.45) is -2.59. The second kappa shape index (κ2) is 10.5. The summed E-state index contributed by atoms with van der Waals surface area (Å²) >= 11 is 0. The van der Waals surface area contributed by atoms with Gasteiger partial charge < -0.3 is 15.0 Å². The van der Waals surface area contributed by atoms with Gasteiger partial charge >= 0.3 is 12.1 Å². The number of aromatic nitrogens is 1. The number of aromatic carboxylic acids is 1. The summed E-state index contributed by atoms with van der Waals surface area (Å²) in [6, 6.07) is 26.5. The van der Waals surface area contributed by atoms with Crippen LogP contribution in [-0.2, 0) is 19.3 Å². The van der Waals surface area contributed by atoms with Crippen LogP contribution < -0.4 is 5.32 Å². The van der Waals surface area contributed by atoms with Crippen LogP contribution in [0.3, 0.4) is 0 Å². The molecule has 0 spiro atoms. The molecule has 0 saturated heterocycles. The normalized spacial score (nSPS) is 11.5. The largest absolute Gasteiger partial charge is 0.478 e. The Morgan fingerprint density at radius 3 is 2.10 bits per heavy atom. The van der Waals surface area contributed by atoms with Crippen LogP contribution in [0.5, 0.6) is 0 Å². The van der Waals surface area contributed by atoms with Crippen LogP contribution in [0, 0.1) is 0 Å². The molecule has 0 saturated carbocycles. The van der Waals surface area contributed by atoms with Gasteiger partial charge in [0.25, 0.3) is 5.91 Å². The molecule has 5 aromatic rings. The highest BCUT2D eigenvalue weighted by atomic mass is 19.4. The minimum absolute atomic E-state index is 0.156. The monoisotopic (exact) mass is 528 g/mol. The molecule has 8 heteroatoms. The average molecular weight is 529 g/mol. The molecule has 0 aliphatic heterocycles. The predicted molar refractivity (Wildman–Crippen MR) is 142 cm³/mol. The Morgan fingerprint density at radius 2 is 1.46 bits per heavy atom. The highest BCUT2D eigenvalue weighted by Gasteiger charge is 2.30. The van der Waals surface area contributed by atoms with Gasteiger partial charge in [0.05, 0.1) is 22.2 Å². The van der Waals surface area contributed by atoms with Gasteiger partial charge in [-0.1, -0.05) is 54.6 Å². The number of hydrogen-bond acceptors (Lipinski definition) is 2. The minimum Gasteiger partial charge on any atom is -0.478 e. The van der Waals surface area contributed by atoms with E-state index < -0.39 is 17.7 Å². The first-order chi connectivity index (χ1) is 18.7. The molecule has 196 valence electrons. The summed E-state index contributed by atoms with van der Waals surface area (Å²) in [7, 11) is 0. The lowest BCUT2D eigenvalue weighted by Crippen LogP contribution is -2.23. The number of carbonyl (C=O) groups excluding carboxylic acids is 1. The third-order valence-electron chi connectivity index (χ3n) is 6.50. The van der Waals surface area contributed by atoms with E-state index in [1.807, 2.05) is 59.3 Å². The fourth-order valence-electron chi connectivity index (χ4n) is 4.49. The molecule has 2 N–H and O–H groups in total. The zero-order valence-electron chi connectivity index (χ0n) is 20.6. The lowest BCUT2D eigenvalue weighted by atomic mass is 9.99. The Hall–Kier alpha value is -4.85. The first-order valence-electron chi connectivity index (χ1n) is 12.1. The second-order valence-corrected chi connectivity index (χ2v) is 9.15. The molecule has 5 nitrogen and oxygen atoms in total. The van der Waals surface area contributed by atoms with Crippen molar-refractivity contribution >= 4 is 22.8 Å². The third kappa shape index (κ3) is 5.70. The van der Waals surface area contributed by atoms with Crippen molar-refractivity contribution in [2.75, 3.05) is 0 Å². The molecule has 39 heavy (non-hydrogen) atoms. The number of benzene rings is 4. The number of carboxylic acids is 1. The van der Waals surface area contributed by atoms with E-state index in [1.54, 1.807) is 12.1 Å². The van der Waals surface area contributed by atoms with Crippen LogP contribution in [0.15, 0.2) is 103 Å². The second-order valence-electron chi connectivity index (χ2n) is 9.15. The SMILES string of the molecule is O=C(O)c1ccc(CNC(=O)c2cc(-c3ccccc3)cc3ccn(Cc4ccc(C(F)(F)F)cc4)c23)cc1. The minimum atomic E-state index is -4.41. The molecule has 1 heterocycles. The molecule has 0 aliphatic carbocycles. The van der Waals surface area contributed by atoms with E-state index in [2.05, 4.69) is 5.32 Å². The molecular weight excluding hydrogens is 505 g/mol. The van der Waals surface area contributed by atoms with E-state index in [4.69, 9.17) is 5.11 Å². The van der Waals surface area contributed by atoms with Crippen molar-refractivity contribution in [1.29, 1.82) is 0 Å². The zero-order valence-corrected chi connectivity index (χ0v) is 20.6. The fourth-order valence-corrected chi connectivity index (χ4v) is 4.49. The highest BCUT2D eigenvalue weighted by Crippen LogP contribution is 2.31. The number of carboxylic acid groups (broad SMARTS) is 1. The molecule has 0 unspecified atom stereocenters. The van der Waals surface area contributed by atoms with E-state index in [0.717, 1.165) is 34.2 Å². The number of hydrogen-bond donors (Lipinski definition) is 2. The molecule has 0 atom stereocenters. The van der Waals surface area contributed by atoms with Crippen LogP contribution in [-0.4, -0.2) is 21.6 Å². The number of nitrogens with one attached hydrogen (secondary N) is 1. The van der Waals surface area contributed by atoms with Crippen LogP contribution in [0.25, 0.3) is 22.0 Å². The van der Waals surface area contributed by atoms with Crippen LogP contribution in [0.1, 0.15) is 37.4 Å². The van der Waals surface area contributed by atoms with E-state index in [-0.39, 0.29) is 24.6 Å². The maximum atomic E-state index is 13.5. The third-order valence-corrected chi connectivity index (χ3v) is 6.50. The maximum absolute atomic E-state index is 13.5. The zero-order chi connectivity index (χ0) is 27.6. The predicted octanol–water partition coefficient (Wildman–Crippen LogP) is 7.00. The topological polar surface area (TPSA) is 71.3 Å². The van der Waals surface area contributed by atoms with Crippen molar-refractivity contribution in [3.05, 3.63) is 131 Å². The van der Waals surface area contributed by atoms with Gasteiger partial charge in [-0.25, -0.2) is 4.79 Å². The molecule has 1 aromatic heterocycles. The van der Waals surface area contributed by atoms with Crippen LogP contribution >= 0.6 is 0 Å². The number of alkyl halides is 3. The van der Waals surface area contributed by atoms with Crippen molar-refractivity contribution < 1.29 is 27.9 Å². The smallest absolute Gasteiger partial charge is 0.416 e. The lowest BCUT2D eigenvalue weighted by Gasteiger charge is -2.14. The Morgan fingerprint density at radius 1 is 0.795 bits per heavy atom. The van der Waals surface area contributed by atoms with Gasteiger partial charge in [-0.2, -0.15) is 13.2 Å². The highest BCUT2D eigenvalue weighted by molar-refractivity contribution is 6.07. The molecule has 0 fully saturated rings. The Bertz CT molecular complexity index is 1640. The van der Waals surface area contributed by atoms with Crippen LogP contribution in [0.4, 0.5) is 13.2 Å². The lowest BCUT2D eigenvalue weighted by molar-refractivity contribution is -0.137. The summed E-state index contributed by atoms with van der Waals surface area (Å²) in [5, 5.41) is 12.8. The summed E-state index contributed by atoms with van der Waals surface area (Å²) in [5.41, 5.74) is 3.72.